The smallest absolute Gasteiger partial charge is 0.319 e. The molecule has 1 rings (SSSR count). The molecule has 0 atom stereocenters. The van der Waals surface area contributed by atoms with E-state index < -0.39 is 0 Å². The van der Waals surface area contributed by atoms with Gasteiger partial charge in [0.1, 0.15) is 0 Å². The van der Waals surface area contributed by atoms with Crippen molar-refractivity contribution >= 4 is 23.5 Å². The van der Waals surface area contributed by atoms with E-state index in [9.17, 15) is 4.79 Å². The summed E-state index contributed by atoms with van der Waals surface area (Å²) in [5, 5.41) is 14.8. The summed E-state index contributed by atoms with van der Waals surface area (Å²) in [5.41, 5.74) is 0.718. The van der Waals surface area contributed by atoms with E-state index in [1.165, 1.54) is 0 Å². The predicted molar refractivity (Wildman–Crippen MR) is 85.3 cm³/mol. The summed E-state index contributed by atoms with van der Waals surface area (Å²) < 4.78 is 0. The van der Waals surface area contributed by atoms with Gasteiger partial charge in [-0.2, -0.15) is 0 Å². The summed E-state index contributed by atoms with van der Waals surface area (Å²) in [6.45, 7) is 4.81. The molecule has 0 aliphatic heterocycles. The van der Waals surface area contributed by atoms with Crippen molar-refractivity contribution in [1.82, 2.24) is 5.32 Å². The number of nitrogens with one attached hydrogen (secondary N) is 2. The molecule has 0 fully saturated rings. The molecule has 0 bridgehead atoms. The average Bonchev–Trinajstić information content (AvgIpc) is 2.44. The van der Waals surface area contributed by atoms with Crippen LogP contribution in [0.15, 0.2) is 29.2 Å². The zero-order chi connectivity index (χ0) is 15.0. The molecule has 0 unspecified atom stereocenters. The summed E-state index contributed by atoms with van der Waals surface area (Å²) >= 11 is 1.64. The van der Waals surface area contributed by atoms with Crippen molar-refractivity contribution in [2.24, 2.45) is 5.41 Å². The van der Waals surface area contributed by atoms with E-state index in [4.69, 9.17) is 5.11 Å². The molecule has 112 valence electrons. The number of carbonyl (C=O) groups is 1. The first-order valence-electron chi connectivity index (χ1n) is 6.76. The lowest BCUT2D eigenvalue weighted by Crippen LogP contribution is -2.30. The minimum absolute atomic E-state index is 0.0785. The number of rotatable bonds is 7. The third-order valence-electron chi connectivity index (χ3n) is 3.07. The van der Waals surface area contributed by atoms with Gasteiger partial charge in [-0.25, -0.2) is 4.79 Å². The molecule has 1 aromatic rings. The number of anilines is 1. The summed E-state index contributed by atoms with van der Waals surface area (Å²) in [7, 11) is 0. The van der Waals surface area contributed by atoms with Crippen molar-refractivity contribution in [1.29, 1.82) is 0 Å². The fourth-order valence-electron chi connectivity index (χ4n) is 1.72. The first kappa shape index (κ1) is 16.9. The zero-order valence-electron chi connectivity index (χ0n) is 12.4. The van der Waals surface area contributed by atoms with Gasteiger partial charge < -0.3 is 15.7 Å². The Morgan fingerprint density at radius 1 is 1.40 bits per heavy atom. The molecule has 0 saturated heterocycles. The van der Waals surface area contributed by atoms with E-state index in [-0.39, 0.29) is 18.1 Å². The molecule has 1 aromatic carbocycles. The highest BCUT2D eigenvalue weighted by Crippen LogP contribution is 2.20. The Morgan fingerprint density at radius 2 is 2.15 bits per heavy atom. The van der Waals surface area contributed by atoms with E-state index in [0.717, 1.165) is 23.4 Å². The van der Waals surface area contributed by atoms with E-state index in [2.05, 4.69) is 10.6 Å². The number of carbonyl (C=O) groups excluding carboxylic acids is 1. The summed E-state index contributed by atoms with van der Waals surface area (Å²) in [6, 6.07) is 7.55. The van der Waals surface area contributed by atoms with Gasteiger partial charge >= 0.3 is 6.03 Å². The van der Waals surface area contributed by atoms with E-state index >= 15 is 0 Å². The average molecular weight is 296 g/mol. The highest BCUT2D eigenvalue weighted by atomic mass is 32.2. The number of thioether (sulfide) groups is 1. The van der Waals surface area contributed by atoms with E-state index in [0.29, 0.717) is 6.54 Å². The molecule has 0 aliphatic rings. The Morgan fingerprint density at radius 3 is 2.80 bits per heavy atom. The Bertz CT molecular complexity index is 436. The fraction of sp³-hybridized carbons (Fsp3) is 0.533. The Balaban J connectivity index is 2.30. The summed E-state index contributed by atoms with van der Waals surface area (Å²) in [4.78, 5) is 12.8. The second-order valence-electron chi connectivity index (χ2n) is 5.54. The number of hydrogen-bond acceptors (Lipinski definition) is 3. The van der Waals surface area contributed by atoms with Gasteiger partial charge in [-0.1, -0.05) is 19.9 Å². The molecule has 0 heterocycles. The van der Waals surface area contributed by atoms with Crippen LogP contribution < -0.4 is 10.6 Å². The third kappa shape index (κ3) is 6.30. The van der Waals surface area contributed by atoms with Crippen molar-refractivity contribution in [3.05, 3.63) is 24.3 Å². The normalized spacial score (nSPS) is 11.2. The molecule has 0 radical (unpaired) electrons. The third-order valence-corrected chi connectivity index (χ3v) is 3.80. The van der Waals surface area contributed by atoms with Gasteiger partial charge in [0.05, 0.1) is 0 Å². The largest absolute Gasteiger partial charge is 0.396 e. The minimum Gasteiger partial charge on any atom is -0.396 e. The highest BCUT2D eigenvalue weighted by Gasteiger charge is 2.15. The number of amides is 2. The first-order valence-corrected chi connectivity index (χ1v) is 7.99. The lowest BCUT2D eigenvalue weighted by Gasteiger charge is -2.21. The number of hydrogen-bond donors (Lipinski definition) is 3. The SMILES string of the molecule is CSc1cccc(NC(=O)NCCCC(C)(C)CO)c1. The molecule has 0 saturated carbocycles. The van der Waals surface area contributed by atoms with Crippen LogP contribution in [0.3, 0.4) is 0 Å². The van der Waals surface area contributed by atoms with E-state index in [1.807, 2.05) is 44.4 Å². The number of aliphatic hydroxyl groups excluding tert-OH is 1. The molecular weight excluding hydrogens is 272 g/mol. The van der Waals surface area contributed by atoms with Crippen molar-refractivity contribution < 1.29 is 9.90 Å². The molecule has 5 heteroatoms. The van der Waals surface area contributed by atoms with Crippen LogP contribution in [0.2, 0.25) is 0 Å². The Labute approximate surface area is 125 Å². The predicted octanol–water partition coefficient (Wildman–Crippen LogP) is 3.33. The standard InChI is InChI=1S/C15H24N2O2S/c1-15(2,11-18)8-5-9-16-14(19)17-12-6-4-7-13(10-12)20-3/h4,6-7,10,18H,5,8-9,11H2,1-3H3,(H2,16,17,19). The van der Waals surface area contributed by atoms with E-state index in [1.54, 1.807) is 11.8 Å². The fourth-order valence-corrected chi connectivity index (χ4v) is 2.18. The lowest BCUT2D eigenvalue weighted by molar-refractivity contribution is 0.148. The maximum atomic E-state index is 11.7. The molecule has 20 heavy (non-hydrogen) atoms. The second kappa shape index (κ2) is 8.17. The number of aliphatic hydroxyl groups is 1. The maximum absolute atomic E-state index is 11.7. The minimum atomic E-state index is -0.190. The monoisotopic (exact) mass is 296 g/mol. The van der Waals surface area contributed by atoms with Gasteiger partial charge in [0.15, 0.2) is 0 Å². The molecule has 2 amide bonds. The van der Waals surface area contributed by atoms with Crippen LogP contribution in [-0.2, 0) is 0 Å². The molecule has 4 nitrogen and oxygen atoms in total. The molecular formula is C15H24N2O2S. The zero-order valence-corrected chi connectivity index (χ0v) is 13.2. The summed E-state index contributed by atoms with van der Waals surface area (Å²) in [5.74, 6) is 0. The van der Waals surface area contributed by atoms with Crippen molar-refractivity contribution in [2.75, 3.05) is 24.7 Å². The van der Waals surface area contributed by atoms with Gasteiger partial charge in [-0.3, -0.25) is 0 Å². The Hall–Kier alpha value is -1.20. The van der Waals surface area contributed by atoms with Crippen LogP contribution in [0.1, 0.15) is 26.7 Å². The quantitative estimate of drug-likeness (QED) is 0.534. The van der Waals surface area contributed by atoms with Gasteiger partial charge in [-0.15, -0.1) is 11.8 Å². The second-order valence-corrected chi connectivity index (χ2v) is 6.42. The number of benzene rings is 1. The Kier molecular flexibility index (Phi) is 6.88. The van der Waals surface area contributed by atoms with Crippen LogP contribution in [0.5, 0.6) is 0 Å². The molecule has 0 aromatic heterocycles. The van der Waals surface area contributed by atoms with Gasteiger partial charge in [0, 0.05) is 23.7 Å². The van der Waals surface area contributed by atoms with Crippen LogP contribution in [0, 0.1) is 5.41 Å². The topological polar surface area (TPSA) is 61.4 Å². The van der Waals surface area contributed by atoms with Crippen LogP contribution in [0.25, 0.3) is 0 Å². The van der Waals surface area contributed by atoms with Gasteiger partial charge in [-0.05, 0) is 42.7 Å². The molecule has 0 spiro atoms. The summed E-state index contributed by atoms with van der Waals surface area (Å²) in [6.07, 6.45) is 3.74. The van der Waals surface area contributed by atoms with Crippen LogP contribution in [0.4, 0.5) is 10.5 Å². The first-order chi connectivity index (χ1) is 9.46. The highest BCUT2D eigenvalue weighted by molar-refractivity contribution is 7.98. The maximum Gasteiger partial charge on any atom is 0.319 e. The van der Waals surface area contributed by atoms with Gasteiger partial charge in [0.25, 0.3) is 0 Å². The van der Waals surface area contributed by atoms with Crippen molar-refractivity contribution in [3.8, 4) is 0 Å². The van der Waals surface area contributed by atoms with Gasteiger partial charge in [0.2, 0.25) is 0 Å². The lowest BCUT2D eigenvalue weighted by atomic mass is 9.89. The van der Waals surface area contributed by atoms with Crippen LogP contribution >= 0.6 is 11.8 Å². The van der Waals surface area contributed by atoms with Crippen molar-refractivity contribution in [3.63, 3.8) is 0 Å². The number of urea groups is 1. The molecule has 0 aliphatic carbocycles. The van der Waals surface area contributed by atoms with Crippen molar-refractivity contribution in [2.45, 2.75) is 31.6 Å². The molecule has 3 N–H and O–H groups in total. The van der Waals surface area contributed by atoms with Crippen LogP contribution in [-0.4, -0.2) is 30.5 Å².